The van der Waals surface area contributed by atoms with E-state index in [2.05, 4.69) is 10.6 Å². The molecule has 0 aliphatic carbocycles. The molecule has 2 aromatic carbocycles. The van der Waals surface area contributed by atoms with Gasteiger partial charge in [-0.05, 0) is 48.9 Å². The molecule has 2 aromatic rings. The predicted octanol–water partition coefficient (Wildman–Crippen LogP) is 3.57. The van der Waals surface area contributed by atoms with Gasteiger partial charge < -0.3 is 15.2 Å². The highest BCUT2D eigenvalue weighted by atomic mass is 16.5. The molecule has 0 fully saturated rings. The van der Waals surface area contributed by atoms with Gasteiger partial charge in [-0.25, -0.2) is 4.79 Å². The van der Waals surface area contributed by atoms with Crippen molar-refractivity contribution < 1.29 is 14.6 Å². The lowest BCUT2D eigenvalue weighted by atomic mass is 10.2. The highest BCUT2D eigenvalue weighted by Crippen LogP contribution is 2.16. The third kappa shape index (κ3) is 4.72. The zero-order chi connectivity index (χ0) is 15.1. The van der Waals surface area contributed by atoms with E-state index in [9.17, 15) is 9.90 Å². The number of carbonyl (C=O) groups is 1. The van der Waals surface area contributed by atoms with Gasteiger partial charge in [0.25, 0.3) is 0 Å². The van der Waals surface area contributed by atoms with E-state index < -0.39 is 6.09 Å². The van der Waals surface area contributed by atoms with Gasteiger partial charge in [0.2, 0.25) is 0 Å². The Bertz CT molecular complexity index is 597. The summed E-state index contributed by atoms with van der Waals surface area (Å²) in [7, 11) is 0. The Labute approximate surface area is 123 Å². The van der Waals surface area contributed by atoms with Crippen LogP contribution in [-0.2, 0) is 11.3 Å². The standard InChI is InChI=1S/C16H18N2O3/c1-2-21-16(20)18-14-8-6-13(7-9-14)17-11-12-4-3-5-15(19)10-12/h3-10,17,19H,2,11H2,1H3,(H,18,20). The second-order valence-corrected chi connectivity index (χ2v) is 4.45. The predicted molar refractivity (Wildman–Crippen MR) is 82.5 cm³/mol. The molecule has 0 unspecified atom stereocenters. The van der Waals surface area contributed by atoms with Crippen molar-refractivity contribution in [3.05, 3.63) is 54.1 Å². The minimum atomic E-state index is -0.460. The van der Waals surface area contributed by atoms with Gasteiger partial charge in [-0.1, -0.05) is 12.1 Å². The molecule has 2 rings (SSSR count). The summed E-state index contributed by atoms with van der Waals surface area (Å²) in [6, 6.07) is 14.4. The van der Waals surface area contributed by atoms with Crippen LogP contribution in [0.25, 0.3) is 0 Å². The number of phenolic OH excluding ortho intramolecular Hbond substituents is 1. The van der Waals surface area contributed by atoms with Gasteiger partial charge in [0.1, 0.15) is 5.75 Å². The summed E-state index contributed by atoms with van der Waals surface area (Å²) >= 11 is 0. The Morgan fingerprint density at radius 3 is 2.52 bits per heavy atom. The molecule has 0 heterocycles. The fraction of sp³-hybridized carbons (Fsp3) is 0.188. The number of nitrogens with one attached hydrogen (secondary N) is 2. The molecule has 3 N–H and O–H groups in total. The lowest BCUT2D eigenvalue weighted by Crippen LogP contribution is -2.13. The van der Waals surface area contributed by atoms with E-state index in [1.165, 1.54) is 0 Å². The Morgan fingerprint density at radius 1 is 1.14 bits per heavy atom. The van der Waals surface area contributed by atoms with Crippen LogP contribution in [-0.4, -0.2) is 17.8 Å². The normalized spacial score (nSPS) is 9.95. The third-order valence-corrected chi connectivity index (χ3v) is 2.81. The molecular weight excluding hydrogens is 268 g/mol. The second-order valence-electron chi connectivity index (χ2n) is 4.45. The Kier molecular flexibility index (Phi) is 5.04. The maximum absolute atomic E-state index is 11.3. The number of rotatable bonds is 5. The van der Waals surface area contributed by atoms with Gasteiger partial charge >= 0.3 is 6.09 Å². The summed E-state index contributed by atoms with van der Waals surface area (Å²) in [5, 5.41) is 15.3. The van der Waals surface area contributed by atoms with Crippen molar-refractivity contribution >= 4 is 17.5 Å². The molecule has 0 bridgehead atoms. The lowest BCUT2D eigenvalue weighted by Gasteiger charge is -2.09. The number of ether oxygens (including phenoxy) is 1. The molecule has 0 aliphatic rings. The monoisotopic (exact) mass is 286 g/mol. The molecule has 5 heteroatoms. The molecule has 0 saturated carbocycles. The first-order valence-electron chi connectivity index (χ1n) is 6.73. The molecule has 0 radical (unpaired) electrons. The summed E-state index contributed by atoms with van der Waals surface area (Å²) in [5.41, 5.74) is 2.59. The summed E-state index contributed by atoms with van der Waals surface area (Å²) in [4.78, 5) is 11.3. The summed E-state index contributed by atoms with van der Waals surface area (Å²) in [5.74, 6) is 0.253. The Balaban J connectivity index is 1.89. The van der Waals surface area contributed by atoms with Gasteiger partial charge in [-0.15, -0.1) is 0 Å². The van der Waals surface area contributed by atoms with Gasteiger partial charge in [0, 0.05) is 17.9 Å². The summed E-state index contributed by atoms with van der Waals surface area (Å²) < 4.78 is 4.80. The molecule has 0 spiro atoms. The van der Waals surface area contributed by atoms with Crippen LogP contribution >= 0.6 is 0 Å². The largest absolute Gasteiger partial charge is 0.508 e. The molecular formula is C16H18N2O3. The van der Waals surface area contributed by atoms with Gasteiger partial charge in [-0.3, -0.25) is 5.32 Å². The van der Waals surface area contributed by atoms with Crippen molar-refractivity contribution in [3.63, 3.8) is 0 Å². The molecule has 1 amide bonds. The van der Waals surface area contributed by atoms with E-state index in [0.717, 1.165) is 11.3 Å². The van der Waals surface area contributed by atoms with E-state index in [-0.39, 0.29) is 5.75 Å². The van der Waals surface area contributed by atoms with E-state index in [1.807, 2.05) is 18.2 Å². The Morgan fingerprint density at radius 2 is 1.86 bits per heavy atom. The highest BCUT2D eigenvalue weighted by Gasteiger charge is 2.01. The first-order chi connectivity index (χ1) is 10.2. The van der Waals surface area contributed by atoms with Crippen LogP contribution in [0.3, 0.4) is 0 Å². The smallest absolute Gasteiger partial charge is 0.411 e. The van der Waals surface area contributed by atoms with Crippen molar-refractivity contribution in [2.75, 3.05) is 17.2 Å². The van der Waals surface area contributed by atoms with Crippen molar-refractivity contribution in [2.45, 2.75) is 13.5 Å². The summed E-state index contributed by atoms with van der Waals surface area (Å²) in [6.45, 7) is 2.71. The maximum Gasteiger partial charge on any atom is 0.411 e. The number of benzene rings is 2. The number of aromatic hydroxyl groups is 1. The molecule has 0 saturated heterocycles. The van der Waals surface area contributed by atoms with Gasteiger partial charge in [0.05, 0.1) is 6.61 Å². The zero-order valence-electron chi connectivity index (χ0n) is 11.8. The average Bonchev–Trinajstić information content (AvgIpc) is 2.47. The maximum atomic E-state index is 11.3. The summed E-state index contributed by atoms with van der Waals surface area (Å²) in [6.07, 6.45) is -0.460. The van der Waals surface area contributed by atoms with E-state index in [0.29, 0.717) is 18.8 Å². The fourth-order valence-corrected chi connectivity index (χ4v) is 1.83. The first kappa shape index (κ1) is 14.7. The minimum absolute atomic E-state index is 0.253. The number of hydrogen-bond donors (Lipinski definition) is 3. The molecule has 110 valence electrons. The SMILES string of the molecule is CCOC(=O)Nc1ccc(NCc2cccc(O)c2)cc1. The zero-order valence-corrected chi connectivity index (χ0v) is 11.8. The Hall–Kier alpha value is -2.69. The minimum Gasteiger partial charge on any atom is -0.508 e. The quantitative estimate of drug-likeness (QED) is 0.785. The van der Waals surface area contributed by atoms with Crippen molar-refractivity contribution in [2.24, 2.45) is 0 Å². The van der Waals surface area contributed by atoms with Crippen LogP contribution in [0.15, 0.2) is 48.5 Å². The lowest BCUT2D eigenvalue weighted by molar-refractivity contribution is 0.168. The van der Waals surface area contributed by atoms with Crippen LogP contribution in [0.1, 0.15) is 12.5 Å². The fourth-order valence-electron chi connectivity index (χ4n) is 1.83. The van der Waals surface area contributed by atoms with Gasteiger partial charge in [-0.2, -0.15) is 0 Å². The van der Waals surface area contributed by atoms with E-state index >= 15 is 0 Å². The number of hydrogen-bond acceptors (Lipinski definition) is 4. The van der Waals surface area contributed by atoms with Crippen LogP contribution < -0.4 is 10.6 Å². The average molecular weight is 286 g/mol. The van der Waals surface area contributed by atoms with Crippen LogP contribution in [0.2, 0.25) is 0 Å². The van der Waals surface area contributed by atoms with E-state index in [4.69, 9.17) is 4.74 Å². The highest BCUT2D eigenvalue weighted by molar-refractivity contribution is 5.84. The third-order valence-electron chi connectivity index (χ3n) is 2.81. The topological polar surface area (TPSA) is 70.6 Å². The van der Waals surface area contributed by atoms with Crippen LogP contribution in [0.4, 0.5) is 16.2 Å². The molecule has 21 heavy (non-hydrogen) atoms. The van der Waals surface area contributed by atoms with Crippen molar-refractivity contribution in [1.82, 2.24) is 0 Å². The first-order valence-corrected chi connectivity index (χ1v) is 6.73. The number of anilines is 2. The van der Waals surface area contributed by atoms with E-state index in [1.54, 1.807) is 37.3 Å². The van der Waals surface area contributed by atoms with Crippen molar-refractivity contribution in [3.8, 4) is 5.75 Å². The molecule has 0 aromatic heterocycles. The number of carbonyl (C=O) groups excluding carboxylic acids is 1. The second kappa shape index (κ2) is 7.19. The molecule has 5 nitrogen and oxygen atoms in total. The number of amides is 1. The van der Waals surface area contributed by atoms with Crippen molar-refractivity contribution in [1.29, 1.82) is 0 Å². The van der Waals surface area contributed by atoms with Crippen LogP contribution in [0, 0.1) is 0 Å². The molecule has 0 atom stereocenters. The van der Waals surface area contributed by atoms with Gasteiger partial charge in [0.15, 0.2) is 0 Å². The number of phenols is 1. The van der Waals surface area contributed by atoms with Crippen LogP contribution in [0.5, 0.6) is 5.75 Å². The molecule has 0 aliphatic heterocycles.